The fourth-order valence-electron chi connectivity index (χ4n) is 1.87. The Balaban J connectivity index is 1.70. The number of thiazole rings is 1. The molecule has 0 spiro atoms. The number of fused-ring (bicyclic) bond motifs is 1. The summed E-state index contributed by atoms with van der Waals surface area (Å²) in [7, 11) is 0. The van der Waals surface area contributed by atoms with E-state index in [0.717, 1.165) is 5.56 Å². The lowest BCUT2D eigenvalue weighted by molar-refractivity contribution is -0.118. The van der Waals surface area contributed by atoms with Crippen LogP contribution in [0, 0.1) is 0 Å². The maximum Gasteiger partial charge on any atom is 0.262 e. The second kappa shape index (κ2) is 5.30. The molecule has 0 aliphatic carbocycles. The molecule has 2 N–H and O–H groups in total. The van der Waals surface area contributed by atoms with E-state index in [9.17, 15) is 9.59 Å². The van der Waals surface area contributed by atoms with Crippen LogP contribution in [0.3, 0.4) is 0 Å². The third-order valence-electron chi connectivity index (χ3n) is 2.72. The lowest BCUT2D eigenvalue weighted by atomic mass is 10.1. The molecule has 0 fully saturated rings. The van der Waals surface area contributed by atoms with Crippen LogP contribution in [-0.2, 0) is 16.0 Å². The highest BCUT2D eigenvalue weighted by Crippen LogP contribution is 2.28. The van der Waals surface area contributed by atoms with Crippen molar-refractivity contribution in [2.24, 2.45) is 0 Å². The van der Waals surface area contributed by atoms with Crippen molar-refractivity contribution in [3.8, 4) is 5.75 Å². The molecule has 0 bridgehead atoms. The molecular formula is C13H11N3O3S. The predicted octanol–water partition coefficient (Wildman–Crippen LogP) is 1.66. The smallest absolute Gasteiger partial charge is 0.262 e. The average molecular weight is 289 g/mol. The molecule has 6 nitrogen and oxygen atoms in total. The first-order valence-corrected chi connectivity index (χ1v) is 6.83. The summed E-state index contributed by atoms with van der Waals surface area (Å²) in [5.41, 5.74) is 1.39. The Morgan fingerprint density at radius 1 is 1.50 bits per heavy atom. The second-order valence-corrected chi connectivity index (χ2v) is 5.12. The molecule has 1 aromatic carbocycles. The Labute approximate surface area is 118 Å². The number of nitrogens with one attached hydrogen (secondary N) is 2. The summed E-state index contributed by atoms with van der Waals surface area (Å²) >= 11 is 1.36. The largest absolute Gasteiger partial charge is 0.482 e. The number of nitrogens with zero attached hydrogens (tertiary/aromatic N) is 1. The minimum Gasteiger partial charge on any atom is -0.482 e. The van der Waals surface area contributed by atoms with Crippen molar-refractivity contribution in [3.05, 3.63) is 35.3 Å². The van der Waals surface area contributed by atoms with Crippen molar-refractivity contribution in [3.63, 3.8) is 0 Å². The standard InChI is InChI=1S/C13H11N3O3S/c17-11(16-13-14-3-4-20-13)6-8-1-2-10-9(5-8)15-12(18)7-19-10/h1-5H,6-7H2,(H,15,18)(H,14,16,17). The van der Waals surface area contributed by atoms with Gasteiger partial charge in [0.25, 0.3) is 5.91 Å². The Morgan fingerprint density at radius 2 is 2.40 bits per heavy atom. The topological polar surface area (TPSA) is 80.3 Å². The molecule has 0 atom stereocenters. The number of anilines is 2. The third-order valence-corrected chi connectivity index (χ3v) is 3.41. The molecule has 0 unspecified atom stereocenters. The normalized spacial score (nSPS) is 13.1. The van der Waals surface area contributed by atoms with Gasteiger partial charge in [0.2, 0.25) is 5.91 Å². The number of carbonyl (C=O) groups is 2. The molecule has 7 heteroatoms. The van der Waals surface area contributed by atoms with Crippen molar-refractivity contribution in [2.75, 3.05) is 17.2 Å². The van der Waals surface area contributed by atoms with Crippen molar-refractivity contribution >= 4 is 34.0 Å². The summed E-state index contributed by atoms with van der Waals surface area (Å²) in [6.07, 6.45) is 1.84. The highest BCUT2D eigenvalue weighted by molar-refractivity contribution is 7.13. The molecule has 1 aromatic heterocycles. The van der Waals surface area contributed by atoms with Crippen LogP contribution in [0.5, 0.6) is 5.75 Å². The van der Waals surface area contributed by atoms with Gasteiger partial charge in [-0.1, -0.05) is 6.07 Å². The van der Waals surface area contributed by atoms with Crippen LogP contribution < -0.4 is 15.4 Å². The van der Waals surface area contributed by atoms with Crippen molar-refractivity contribution in [1.29, 1.82) is 0 Å². The minimum atomic E-state index is -0.193. The van der Waals surface area contributed by atoms with Gasteiger partial charge in [0.15, 0.2) is 11.7 Å². The van der Waals surface area contributed by atoms with Crippen LogP contribution in [-0.4, -0.2) is 23.4 Å². The molecule has 102 valence electrons. The quantitative estimate of drug-likeness (QED) is 0.900. The van der Waals surface area contributed by atoms with Gasteiger partial charge in [-0.3, -0.25) is 9.59 Å². The van der Waals surface area contributed by atoms with Gasteiger partial charge in [-0.15, -0.1) is 11.3 Å². The molecule has 0 saturated heterocycles. The number of ether oxygens (including phenoxy) is 1. The lowest BCUT2D eigenvalue weighted by Gasteiger charge is -2.18. The summed E-state index contributed by atoms with van der Waals surface area (Å²) in [5, 5.41) is 7.79. The SMILES string of the molecule is O=C(Cc1ccc2c(c1)NC(=O)CO2)Nc1nccs1. The lowest BCUT2D eigenvalue weighted by Crippen LogP contribution is -2.25. The van der Waals surface area contributed by atoms with Gasteiger partial charge < -0.3 is 15.4 Å². The van der Waals surface area contributed by atoms with Gasteiger partial charge in [0.05, 0.1) is 12.1 Å². The summed E-state index contributed by atoms with van der Waals surface area (Å²) in [5.74, 6) is 0.276. The number of amides is 2. The molecule has 1 aliphatic heterocycles. The maximum atomic E-state index is 11.8. The number of aromatic nitrogens is 1. The molecule has 2 heterocycles. The van der Waals surface area contributed by atoms with Crippen LogP contribution in [0.15, 0.2) is 29.8 Å². The summed E-state index contributed by atoms with van der Waals surface area (Å²) in [4.78, 5) is 27.1. The highest BCUT2D eigenvalue weighted by atomic mass is 32.1. The van der Waals surface area contributed by atoms with Crippen molar-refractivity contribution in [1.82, 2.24) is 4.98 Å². The molecule has 2 aromatic rings. The Kier molecular flexibility index (Phi) is 3.34. The maximum absolute atomic E-state index is 11.8. The number of hydrogen-bond donors (Lipinski definition) is 2. The summed E-state index contributed by atoms with van der Waals surface area (Å²) < 4.78 is 5.26. The molecule has 0 saturated carbocycles. The van der Waals surface area contributed by atoms with E-state index in [2.05, 4.69) is 15.6 Å². The zero-order chi connectivity index (χ0) is 13.9. The number of benzene rings is 1. The van der Waals surface area contributed by atoms with Gasteiger partial charge in [-0.2, -0.15) is 0 Å². The molecule has 20 heavy (non-hydrogen) atoms. The van der Waals surface area contributed by atoms with E-state index in [1.165, 1.54) is 11.3 Å². The zero-order valence-corrected chi connectivity index (χ0v) is 11.2. The number of carbonyl (C=O) groups excluding carboxylic acids is 2. The van der Waals surface area contributed by atoms with Crippen LogP contribution >= 0.6 is 11.3 Å². The first-order chi connectivity index (χ1) is 9.70. The van der Waals surface area contributed by atoms with E-state index in [1.807, 2.05) is 0 Å². The van der Waals surface area contributed by atoms with Gasteiger partial charge in [0.1, 0.15) is 5.75 Å². The highest BCUT2D eigenvalue weighted by Gasteiger charge is 2.16. The molecule has 2 amide bonds. The third kappa shape index (κ3) is 2.77. The first kappa shape index (κ1) is 12.6. The molecule has 1 aliphatic rings. The Bertz CT molecular complexity index is 655. The van der Waals surface area contributed by atoms with Gasteiger partial charge >= 0.3 is 0 Å². The Morgan fingerprint density at radius 3 is 3.20 bits per heavy atom. The van der Waals surface area contributed by atoms with Crippen molar-refractivity contribution < 1.29 is 14.3 Å². The zero-order valence-electron chi connectivity index (χ0n) is 10.4. The number of hydrogen-bond acceptors (Lipinski definition) is 5. The monoisotopic (exact) mass is 289 g/mol. The average Bonchev–Trinajstić information content (AvgIpc) is 2.91. The van der Waals surface area contributed by atoms with E-state index < -0.39 is 0 Å². The van der Waals surface area contributed by atoms with Crippen LogP contribution in [0.1, 0.15) is 5.56 Å². The van der Waals surface area contributed by atoms with Crippen molar-refractivity contribution in [2.45, 2.75) is 6.42 Å². The fourth-order valence-corrected chi connectivity index (χ4v) is 2.42. The summed E-state index contributed by atoms with van der Waals surface area (Å²) in [6, 6.07) is 5.30. The van der Waals surface area contributed by atoms with Gasteiger partial charge in [-0.25, -0.2) is 4.98 Å². The van der Waals surface area contributed by atoms with E-state index >= 15 is 0 Å². The van der Waals surface area contributed by atoms with Crippen LogP contribution in [0.4, 0.5) is 10.8 Å². The van der Waals surface area contributed by atoms with E-state index in [0.29, 0.717) is 16.6 Å². The minimum absolute atomic E-state index is 0.0247. The predicted molar refractivity (Wildman–Crippen MR) is 75.0 cm³/mol. The summed E-state index contributed by atoms with van der Waals surface area (Å²) in [6.45, 7) is 0.0247. The second-order valence-electron chi connectivity index (χ2n) is 4.23. The Hall–Kier alpha value is -2.41. The van der Waals surface area contributed by atoms with E-state index in [4.69, 9.17) is 4.74 Å². The first-order valence-electron chi connectivity index (χ1n) is 5.95. The van der Waals surface area contributed by atoms with E-state index in [-0.39, 0.29) is 24.8 Å². The fraction of sp³-hybridized carbons (Fsp3) is 0.154. The van der Waals surface area contributed by atoms with Gasteiger partial charge in [-0.05, 0) is 17.7 Å². The van der Waals surface area contributed by atoms with Gasteiger partial charge in [0, 0.05) is 11.6 Å². The molecule has 3 rings (SSSR count). The molecular weight excluding hydrogens is 278 g/mol. The van der Waals surface area contributed by atoms with Crippen LogP contribution in [0.2, 0.25) is 0 Å². The van der Waals surface area contributed by atoms with Crippen LogP contribution in [0.25, 0.3) is 0 Å². The van der Waals surface area contributed by atoms with E-state index in [1.54, 1.807) is 29.8 Å². The number of rotatable bonds is 3. The molecule has 0 radical (unpaired) electrons.